The highest BCUT2D eigenvalue weighted by Crippen LogP contribution is 2.28. The second-order valence-corrected chi connectivity index (χ2v) is 3.40. The fraction of sp³-hybridized carbons (Fsp3) is 0. The summed E-state index contributed by atoms with van der Waals surface area (Å²) in [4.78, 5) is 22.0. The summed E-state index contributed by atoms with van der Waals surface area (Å²) in [5.74, 6) is 0. The molecule has 0 atom stereocenters. The third-order valence-corrected chi connectivity index (χ3v) is 2.21. The lowest BCUT2D eigenvalue weighted by Crippen LogP contribution is -2.07. The number of hydrogen-bond donors (Lipinski definition) is 4. The molecule has 4 N–H and O–H groups in total. The Morgan fingerprint density at radius 2 is 1.44 bits per heavy atom. The first kappa shape index (κ1) is 12.7. The molecule has 0 bridgehead atoms. The van der Waals surface area contributed by atoms with Crippen LogP contribution in [0, 0.1) is 0 Å². The maximum absolute atomic E-state index is 11.0. The molecule has 0 aliphatic carbocycles. The molecule has 0 amide bonds. The zero-order valence-corrected chi connectivity index (χ0v) is 9.13. The van der Waals surface area contributed by atoms with Gasteiger partial charge in [-0.15, -0.1) is 0 Å². The summed E-state index contributed by atoms with van der Waals surface area (Å²) in [6.45, 7) is 0. The molecular weight excluding hydrogens is 259 g/mol. The SMILES string of the molecule is O=C(Cl)c1cc(NO)cc(C(=O)Cl)c1NO. The van der Waals surface area contributed by atoms with E-state index in [2.05, 4.69) is 0 Å². The van der Waals surface area contributed by atoms with Crippen LogP contribution in [0.3, 0.4) is 0 Å². The molecular formula is C8H6Cl2N2O4. The van der Waals surface area contributed by atoms with Gasteiger partial charge in [0.15, 0.2) is 0 Å². The normalized spacial score (nSPS) is 9.75. The van der Waals surface area contributed by atoms with Crippen LogP contribution in [0.4, 0.5) is 11.4 Å². The third-order valence-electron chi connectivity index (χ3n) is 1.80. The lowest BCUT2D eigenvalue weighted by atomic mass is 10.1. The first-order valence-electron chi connectivity index (χ1n) is 3.89. The molecule has 0 fully saturated rings. The Balaban J connectivity index is 3.52. The number of hydrogen-bond acceptors (Lipinski definition) is 6. The molecule has 1 aromatic carbocycles. The summed E-state index contributed by atoms with van der Waals surface area (Å²) < 4.78 is 0. The molecule has 0 saturated heterocycles. The minimum atomic E-state index is -0.923. The van der Waals surface area contributed by atoms with E-state index >= 15 is 0 Å². The lowest BCUT2D eigenvalue weighted by molar-refractivity contribution is 0.108. The van der Waals surface area contributed by atoms with Gasteiger partial charge in [-0.3, -0.25) is 31.0 Å². The molecule has 6 nitrogen and oxygen atoms in total. The average molecular weight is 265 g/mol. The standard InChI is InChI=1S/C8H6Cl2N2O4/c9-7(13)4-1-3(11-15)2-5(8(10)14)6(4)12-16/h1-2,11-12,15-16H. The van der Waals surface area contributed by atoms with Crippen molar-refractivity contribution in [1.29, 1.82) is 0 Å². The van der Waals surface area contributed by atoms with Crippen molar-refractivity contribution in [3.05, 3.63) is 23.3 Å². The lowest BCUT2D eigenvalue weighted by Gasteiger charge is -2.10. The Morgan fingerprint density at radius 1 is 1.00 bits per heavy atom. The Hall–Kier alpha value is -1.34. The van der Waals surface area contributed by atoms with Crippen molar-refractivity contribution in [2.24, 2.45) is 0 Å². The van der Waals surface area contributed by atoms with Crippen molar-refractivity contribution >= 4 is 45.1 Å². The van der Waals surface area contributed by atoms with Gasteiger partial charge in [0.1, 0.15) is 0 Å². The van der Waals surface area contributed by atoms with Crippen molar-refractivity contribution < 1.29 is 20.0 Å². The van der Waals surface area contributed by atoms with E-state index in [0.29, 0.717) is 0 Å². The van der Waals surface area contributed by atoms with Crippen LogP contribution in [-0.2, 0) is 0 Å². The zero-order chi connectivity index (χ0) is 12.3. The number of carbonyl (C=O) groups is 2. The molecule has 0 aromatic heterocycles. The van der Waals surface area contributed by atoms with E-state index in [-0.39, 0.29) is 22.5 Å². The summed E-state index contributed by atoms with van der Waals surface area (Å²) in [6.07, 6.45) is 0. The fourth-order valence-electron chi connectivity index (χ4n) is 1.14. The van der Waals surface area contributed by atoms with E-state index in [9.17, 15) is 9.59 Å². The fourth-order valence-corrected chi connectivity index (χ4v) is 1.44. The quantitative estimate of drug-likeness (QED) is 0.491. The highest BCUT2D eigenvalue weighted by atomic mass is 35.5. The predicted octanol–water partition coefficient (Wildman–Crippen LogP) is 2.05. The predicted molar refractivity (Wildman–Crippen MR) is 57.6 cm³/mol. The van der Waals surface area contributed by atoms with Crippen molar-refractivity contribution in [3.8, 4) is 0 Å². The van der Waals surface area contributed by atoms with Crippen LogP contribution in [0.1, 0.15) is 20.7 Å². The van der Waals surface area contributed by atoms with Crippen LogP contribution >= 0.6 is 23.2 Å². The van der Waals surface area contributed by atoms with Crippen molar-refractivity contribution in [2.75, 3.05) is 11.0 Å². The summed E-state index contributed by atoms with van der Waals surface area (Å²) in [5.41, 5.74) is 2.80. The van der Waals surface area contributed by atoms with Crippen LogP contribution in [0.2, 0.25) is 0 Å². The zero-order valence-electron chi connectivity index (χ0n) is 7.62. The number of anilines is 2. The van der Waals surface area contributed by atoms with E-state index < -0.39 is 10.5 Å². The summed E-state index contributed by atoms with van der Waals surface area (Å²) in [5, 5.41) is 15.6. The second kappa shape index (κ2) is 5.13. The van der Waals surface area contributed by atoms with E-state index in [1.54, 1.807) is 11.0 Å². The third kappa shape index (κ3) is 2.42. The maximum Gasteiger partial charge on any atom is 0.254 e. The Morgan fingerprint density at radius 3 is 1.69 bits per heavy atom. The molecule has 16 heavy (non-hydrogen) atoms. The average Bonchev–Trinajstić information content (AvgIpc) is 2.26. The summed E-state index contributed by atoms with van der Waals surface area (Å²) in [6, 6.07) is 2.27. The van der Waals surface area contributed by atoms with Crippen LogP contribution in [-0.4, -0.2) is 20.9 Å². The van der Waals surface area contributed by atoms with Crippen LogP contribution in [0.25, 0.3) is 0 Å². The molecule has 0 aliphatic rings. The Bertz CT molecular complexity index is 415. The number of halogens is 2. The van der Waals surface area contributed by atoms with Gasteiger partial charge >= 0.3 is 0 Å². The minimum absolute atomic E-state index is 0.0343. The minimum Gasteiger partial charge on any atom is -0.291 e. The van der Waals surface area contributed by atoms with Crippen molar-refractivity contribution in [3.63, 3.8) is 0 Å². The summed E-state index contributed by atoms with van der Waals surface area (Å²) in [7, 11) is 0. The van der Waals surface area contributed by atoms with Gasteiger partial charge in [-0.1, -0.05) is 0 Å². The maximum atomic E-state index is 11.0. The molecule has 1 rings (SSSR count). The first-order chi connectivity index (χ1) is 7.51. The van der Waals surface area contributed by atoms with Crippen LogP contribution < -0.4 is 11.0 Å². The van der Waals surface area contributed by atoms with E-state index in [1.165, 1.54) is 0 Å². The summed E-state index contributed by atoms with van der Waals surface area (Å²) >= 11 is 10.5. The molecule has 0 heterocycles. The molecule has 0 spiro atoms. The smallest absolute Gasteiger partial charge is 0.254 e. The van der Waals surface area contributed by atoms with Crippen molar-refractivity contribution in [1.82, 2.24) is 0 Å². The largest absolute Gasteiger partial charge is 0.291 e. The van der Waals surface area contributed by atoms with Gasteiger partial charge in [0.2, 0.25) is 0 Å². The van der Waals surface area contributed by atoms with Gasteiger partial charge in [-0.2, -0.15) is 0 Å². The first-order valence-corrected chi connectivity index (χ1v) is 4.64. The number of carbonyl (C=O) groups excluding carboxylic acids is 2. The van der Waals surface area contributed by atoms with Crippen molar-refractivity contribution in [2.45, 2.75) is 0 Å². The number of nitrogens with one attached hydrogen (secondary N) is 2. The van der Waals surface area contributed by atoms with Gasteiger partial charge in [0, 0.05) is 0 Å². The number of rotatable bonds is 4. The topological polar surface area (TPSA) is 98.7 Å². The number of benzene rings is 1. The highest BCUT2D eigenvalue weighted by molar-refractivity contribution is 6.70. The molecule has 0 unspecified atom stereocenters. The van der Waals surface area contributed by atoms with Crippen LogP contribution in [0.15, 0.2) is 12.1 Å². The monoisotopic (exact) mass is 264 g/mol. The molecule has 86 valence electrons. The van der Waals surface area contributed by atoms with Gasteiger partial charge in [0.25, 0.3) is 10.5 Å². The molecule has 0 saturated carbocycles. The molecule has 0 aliphatic heterocycles. The van der Waals surface area contributed by atoms with E-state index in [1.807, 2.05) is 0 Å². The molecule has 1 aromatic rings. The van der Waals surface area contributed by atoms with Gasteiger partial charge in [-0.25, -0.2) is 0 Å². The van der Waals surface area contributed by atoms with Crippen LogP contribution in [0.5, 0.6) is 0 Å². The second-order valence-electron chi connectivity index (χ2n) is 2.72. The van der Waals surface area contributed by atoms with E-state index in [0.717, 1.165) is 12.1 Å². The van der Waals surface area contributed by atoms with Gasteiger partial charge in [-0.05, 0) is 35.3 Å². The highest BCUT2D eigenvalue weighted by Gasteiger charge is 2.18. The molecule has 8 heteroatoms. The molecule has 0 radical (unpaired) electrons. The Kier molecular flexibility index (Phi) is 4.08. The van der Waals surface area contributed by atoms with E-state index in [4.69, 9.17) is 33.6 Å². The van der Waals surface area contributed by atoms with Gasteiger partial charge in [0.05, 0.1) is 22.5 Å². The van der Waals surface area contributed by atoms with Gasteiger partial charge < -0.3 is 0 Å². The Labute approximate surface area is 99.7 Å².